The first-order chi connectivity index (χ1) is 59.7. The predicted molar refractivity (Wildman–Crippen MR) is 395 cm³/mol. The van der Waals surface area contributed by atoms with Crippen molar-refractivity contribution in [2.45, 2.75) is 56.8 Å². The molecule has 10 heterocycles. The highest BCUT2D eigenvalue weighted by molar-refractivity contribution is 6.16. The van der Waals surface area contributed by atoms with Crippen LogP contribution in [-0.2, 0) is 129 Å². The van der Waals surface area contributed by atoms with Gasteiger partial charge in [-0.2, -0.15) is 0 Å². The molecular weight excluding hydrogens is 1620 g/mol. The van der Waals surface area contributed by atoms with Gasteiger partial charge in [-0.05, 0) is 210 Å². The molecule has 21 unspecified atom stereocenters. The second kappa shape index (κ2) is 26.4. The molecule has 22 aliphatic rings. The molecule has 6 aromatic rings. The van der Waals surface area contributed by atoms with Crippen LogP contribution < -0.4 is 9.47 Å². The fraction of sp³-hybridized carbons (Fsp3) is 0.391. The smallest absolute Gasteiger partial charge is 0.347 e. The van der Waals surface area contributed by atoms with Crippen LogP contribution in [0.25, 0.3) is 11.1 Å². The zero-order chi connectivity index (χ0) is 85.3. The molecule has 10 bridgehead atoms. The summed E-state index contributed by atoms with van der Waals surface area (Å²) in [6, 6.07) is 41.8. The minimum absolute atomic E-state index is 0.0302. The van der Waals surface area contributed by atoms with E-state index in [0.29, 0.717) is 55.1 Å². The van der Waals surface area contributed by atoms with Crippen molar-refractivity contribution in [3.63, 3.8) is 0 Å². The number of benzene rings is 6. The molecule has 32 nitrogen and oxygen atoms in total. The standard InChI is InChI=1S/C41H22O8.C16H14O6.2C12H10O6.C11H8O6/c42-37-31-19-17-27(21-33(31)39(44)48-37)46-25-13-9-23(10-14-25)41(35-7-3-1-5-29(35)30-6-2-4-8-36(30)41)24-11-15-26(16-12-24)47-28-18-20-32-34(22-28)40(45)49-38(32)43;17-13-9-3-1-4(10(9)14(18)21-13)8-6-2-5(7(3)8)11-12(6)16(20)22-15(11)19;13-6-3-12(11(16)17-6)2-4-1-5(12)8-7(4)9(14)18-10(8)15;13-9-5-3-1-2-4(7(5)11(15)17-9)8-6(3)10(14)18-12(8)16;12-8-4-2-1-3(6(4)10(14)16-8)7-5(2)9(13)17-11(7)15/h1-22H;3-12H,1-2H2;4-5,7-8H,1-3H2;3-8H,1-2H2;2-7H,1H2. The average molecular weight is 1680 g/mol. The van der Waals surface area contributed by atoms with Crippen molar-refractivity contribution in [2.75, 3.05) is 0 Å². The quantitative estimate of drug-likeness (QED) is 0.0691. The second-order valence-corrected chi connectivity index (χ2v) is 36.1. The first kappa shape index (κ1) is 75.3. The lowest BCUT2D eigenvalue weighted by molar-refractivity contribution is -0.159. The molecule has 32 heteroatoms. The Labute approximate surface area is 697 Å². The molecule has 28 rings (SSSR count). The lowest BCUT2D eigenvalue weighted by Crippen LogP contribution is -2.53. The van der Waals surface area contributed by atoms with Crippen LogP contribution in [0, 0.1) is 159 Å². The monoisotopic (exact) mass is 1680 g/mol. The number of rotatable bonds is 6. The molecule has 10 aliphatic heterocycles. The van der Waals surface area contributed by atoms with Crippen LogP contribution in [0.5, 0.6) is 23.0 Å². The number of fused-ring (bicyclic) bond motifs is 35. The number of carbonyl (C=O) groups excluding carboxylic acids is 20. The summed E-state index contributed by atoms with van der Waals surface area (Å²) < 4.78 is 59.3. The summed E-state index contributed by atoms with van der Waals surface area (Å²) in [5.41, 5.74) is 5.80. The van der Waals surface area contributed by atoms with Gasteiger partial charge >= 0.3 is 119 Å². The summed E-state index contributed by atoms with van der Waals surface area (Å²) in [6.07, 6.45) is 4.83. The number of hydrogen-bond donors (Lipinski definition) is 0. The molecular formula is C92H64O32. The Morgan fingerprint density at radius 3 is 0.927 bits per heavy atom. The van der Waals surface area contributed by atoms with E-state index in [-0.39, 0.29) is 147 Å². The number of hydrogen-bond acceptors (Lipinski definition) is 32. The third-order valence-electron chi connectivity index (χ3n) is 31.5. The highest BCUT2D eigenvalue weighted by atomic mass is 16.6. The lowest BCUT2D eigenvalue weighted by Gasteiger charge is -2.46. The molecule has 21 atom stereocenters. The SMILES string of the molecule is O=C1CC2(CC3CC2C2C(=O)OC(=O)C32)C(=O)O1.O=C1OC(=O)C2C3CC(C12)C1C(=O)OC(=O)C31.O=C1OC(=O)C2C3CC(C12)C1C2CC(C4C(=O)OC(=O)C24)C31.O=C1OC(=O)C2C3CCC(C12)C1C(=O)OC(=O)C31.O=C1OC(=O)c2cc(Oc3ccc(C4(c5ccc(Oc6ccc7c(c6)C(=O)OC7=O)cc5)c5ccccc5-c5ccccc54)cc3)ccc21. The predicted octanol–water partition coefficient (Wildman–Crippen LogP) is 7.13. The topological polar surface area (TPSA) is 452 Å². The van der Waals surface area contributed by atoms with Gasteiger partial charge in [0.25, 0.3) is 0 Å². The van der Waals surface area contributed by atoms with Gasteiger partial charge in [0.15, 0.2) is 0 Å². The van der Waals surface area contributed by atoms with Crippen LogP contribution in [0.3, 0.4) is 0 Å². The lowest BCUT2D eigenvalue weighted by atomic mass is 9.51. The fourth-order valence-corrected chi connectivity index (χ4v) is 27.5. The van der Waals surface area contributed by atoms with Crippen molar-refractivity contribution >= 4 is 119 Å². The van der Waals surface area contributed by atoms with E-state index in [1.165, 1.54) is 24.3 Å². The number of ether oxygens (including phenoxy) is 12. The summed E-state index contributed by atoms with van der Waals surface area (Å²) in [5.74, 6) is -15.3. The maximum atomic E-state index is 12.1. The summed E-state index contributed by atoms with van der Waals surface area (Å²) in [4.78, 5) is 235. The number of carbonyl (C=O) groups is 20. The third kappa shape index (κ3) is 10.2. The average Bonchev–Trinajstić information content (AvgIpc) is 1.50. The minimum atomic E-state index is -0.868. The van der Waals surface area contributed by atoms with E-state index in [9.17, 15) is 95.9 Å². The van der Waals surface area contributed by atoms with Crippen molar-refractivity contribution in [2.24, 2.45) is 159 Å². The van der Waals surface area contributed by atoms with Gasteiger partial charge < -0.3 is 56.8 Å². The summed E-state index contributed by atoms with van der Waals surface area (Å²) >= 11 is 0. The minimum Gasteiger partial charge on any atom is -0.457 e. The number of cyclic esters (lactones) is 20. The van der Waals surface area contributed by atoms with E-state index in [2.05, 4.69) is 52.7 Å². The van der Waals surface area contributed by atoms with Gasteiger partial charge in [0.05, 0.1) is 122 Å². The second-order valence-electron chi connectivity index (χ2n) is 36.1. The van der Waals surface area contributed by atoms with Gasteiger partial charge in [0.2, 0.25) is 0 Å². The molecule has 624 valence electrons. The van der Waals surface area contributed by atoms with Gasteiger partial charge in [-0.25, -0.2) is 19.2 Å². The Morgan fingerprint density at radius 1 is 0.266 bits per heavy atom. The third-order valence-corrected chi connectivity index (χ3v) is 31.5. The van der Waals surface area contributed by atoms with Gasteiger partial charge in [0, 0.05) is 0 Å². The molecule has 0 aromatic heterocycles. The normalized spacial score (nSPS) is 37.5. The molecule has 8 saturated heterocycles. The highest BCUT2D eigenvalue weighted by Crippen LogP contribution is 2.75. The van der Waals surface area contributed by atoms with E-state index in [0.717, 1.165) is 46.2 Å². The van der Waals surface area contributed by atoms with Gasteiger partial charge in [-0.3, -0.25) is 76.7 Å². The first-order valence-corrected chi connectivity index (χ1v) is 41.3. The van der Waals surface area contributed by atoms with E-state index >= 15 is 0 Å². The summed E-state index contributed by atoms with van der Waals surface area (Å²) in [6.45, 7) is 0. The Hall–Kier alpha value is -13.7. The molecule has 124 heavy (non-hydrogen) atoms. The van der Waals surface area contributed by atoms with Crippen LogP contribution in [0.15, 0.2) is 133 Å². The van der Waals surface area contributed by atoms with Gasteiger partial charge in [-0.1, -0.05) is 72.8 Å². The molecule has 0 amide bonds. The number of esters is 20. The Morgan fingerprint density at radius 2 is 0.573 bits per heavy atom. The van der Waals surface area contributed by atoms with Crippen LogP contribution in [0.4, 0.5) is 0 Å². The zero-order valence-electron chi connectivity index (χ0n) is 64.4. The Balaban J connectivity index is 0.0000000978. The molecule has 1 spiro atoms. The zero-order valence-corrected chi connectivity index (χ0v) is 64.4. The van der Waals surface area contributed by atoms with Crippen molar-refractivity contribution in [3.05, 3.63) is 178 Å². The molecule has 0 N–H and O–H groups in total. The fourth-order valence-electron chi connectivity index (χ4n) is 27.5. The maximum Gasteiger partial charge on any atom is 0.347 e. The summed E-state index contributed by atoms with van der Waals surface area (Å²) in [7, 11) is 0. The molecule has 19 fully saturated rings. The Kier molecular flexibility index (Phi) is 16.0. The van der Waals surface area contributed by atoms with Crippen LogP contribution in [0.1, 0.15) is 115 Å². The van der Waals surface area contributed by atoms with E-state index < -0.39 is 166 Å². The van der Waals surface area contributed by atoms with Crippen molar-refractivity contribution in [3.8, 4) is 34.1 Å². The van der Waals surface area contributed by atoms with E-state index in [4.69, 9.17) is 28.4 Å². The van der Waals surface area contributed by atoms with Crippen LogP contribution in [-0.4, -0.2) is 119 Å². The van der Waals surface area contributed by atoms with E-state index in [1.54, 1.807) is 12.1 Å². The highest BCUT2D eigenvalue weighted by Gasteiger charge is 2.79. The molecule has 0 radical (unpaired) electrons. The van der Waals surface area contributed by atoms with Crippen molar-refractivity contribution in [1.29, 1.82) is 0 Å². The van der Waals surface area contributed by atoms with Crippen LogP contribution >= 0.6 is 0 Å². The van der Waals surface area contributed by atoms with Gasteiger partial charge in [-0.15, -0.1) is 0 Å². The summed E-state index contributed by atoms with van der Waals surface area (Å²) in [5, 5.41) is 0. The molecule has 12 aliphatic carbocycles. The van der Waals surface area contributed by atoms with E-state index in [1.807, 2.05) is 72.8 Å². The largest absolute Gasteiger partial charge is 0.457 e. The maximum absolute atomic E-state index is 12.1. The van der Waals surface area contributed by atoms with Crippen molar-refractivity contribution < 1.29 is 153 Å². The Bertz CT molecular complexity index is 5670. The van der Waals surface area contributed by atoms with Gasteiger partial charge in [0.1, 0.15) is 23.0 Å². The molecule has 6 aromatic carbocycles. The van der Waals surface area contributed by atoms with Crippen LogP contribution in [0.2, 0.25) is 0 Å². The first-order valence-electron chi connectivity index (χ1n) is 41.3. The molecule has 11 saturated carbocycles. The van der Waals surface area contributed by atoms with Crippen molar-refractivity contribution in [1.82, 2.24) is 0 Å².